The predicted molar refractivity (Wildman–Crippen MR) is 399 cm³/mol. The molecule has 0 unspecified atom stereocenters. The van der Waals surface area contributed by atoms with Crippen molar-refractivity contribution in [3.63, 3.8) is 0 Å². The molecule has 11 atom stereocenters. The number of likely N-dealkylation sites (tertiary alicyclic amines) is 1. The number of carbonyl (C=O) groups excluding carboxylic acids is 12. The second-order valence-electron chi connectivity index (χ2n) is 33.3. The summed E-state index contributed by atoms with van der Waals surface area (Å²) in [4.78, 5) is 191. The van der Waals surface area contributed by atoms with E-state index in [-0.39, 0.29) is 62.4 Å². The Kier molecular flexibility index (Phi) is 35.8. The number of likely N-dealkylation sites (N-methyl/N-ethyl adjacent to an activating group) is 7. The van der Waals surface area contributed by atoms with Crippen LogP contribution in [0, 0.1) is 35.5 Å². The van der Waals surface area contributed by atoms with Gasteiger partial charge in [0.05, 0.1) is 37.8 Å². The molecule has 0 spiro atoms. The number of amides is 12. The fourth-order valence-corrected chi connectivity index (χ4v) is 15.9. The summed E-state index contributed by atoms with van der Waals surface area (Å²) in [6, 6.07) is -11.7. The molecule has 3 aliphatic carbocycles. The third-order valence-electron chi connectivity index (χ3n) is 22.7. The molecule has 5 fully saturated rings. The smallest absolute Gasteiger partial charge is 0.248 e. The molecule has 104 heavy (non-hydrogen) atoms. The Labute approximate surface area is 622 Å². The van der Waals surface area contributed by atoms with Crippen molar-refractivity contribution >= 4 is 70.9 Å². The number of aliphatic hydroxyl groups excluding tert-OH is 1. The SMILES string of the molecule is CC[C@H](C)[C@H]1C(=O)N[C@H](C(=O)N2CCCCC2)CC(=O)N(C)CC(=O)N(C)[C@@H](CC2CCCCC2)C(=O)N[C@@H](CCCC2CCCCC2)C(=O)N(C)[C@@H](CC(C)C)C(=O)N[C@@H]([C@@H](C)O)C(=O)N(C)CC(=O)N(C)[C@@H](CC2CCCCC2)C(=O)N(C)[C@@H](CC(C)C)C(=O)N[C@@H](COC(C)(C)C)C(=O)N1C. The summed E-state index contributed by atoms with van der Waals surface area (Å²) in [6.45, 7) is 17.1. The number of aliphatic hydroxyl groups is 1. The van der Waals surface area contributed by atoms with Crippen molar-refractivity contribution in [2.75, 3.05) is 82.1 Å². The summed E-state index contributed by atoms with van der Waals surface area (Å²) in [5, 5.41) is 23.0. The first-order valence-corrected chi connectivity index (χ1v) is 39.6. The summed E-state index contributed by atoms with van der Waals surface area (Å²) < 4.78 is 6.24. The molecule has 5 aliphatic rings. The average molecular weight is 1470 g/mol. The quantitative estimate of drug-likeness (QED) is 0.0990. The lowest BCUT2D eigenvalue weighted by Gasteiger charge is -2.39. The predicted octanol–water partition coefficient (Wildman–Crippen LogP) is 6.42. The van der Waals surface area contributed by atoms with E-state index in [0.29, 0.717) is 44.7 Å². The van der Waals surface area contributed by atoms with Crippen LogP contribution in [-0.4, -0.2) is 263 Å². The zero-order valence-corrected chi connectivity index (χ0v) is 66.7. The molecular weight excluding hydrogens is 1330 g/mol. The summed E-state index contributed by atoms with van der Waals surface area (Å²) in [5.74, 6) is -8.38. The molecule has 0 aromatic rings. The highest BCUT2D eigenvalue weighted by molar-refractivity contribution is 6.00. The Morgan fingerprint density at radius 3 is 1.42 bits per heavy atom. The van der Waals surface area contributed by atoms with E-state index < -0.39 is 162 Å². The van der Waals surface area contributed by atoms with Gasteiger partial charge in [0.15, 0.2) is 0 Å². The minimum Gasteiger partial charge on any atom is -0.391 e. The van der Waals surface area contributed by atoms with E-state index in [4.69, 9.17) is 4.74 Å². The molecule has 5 rings (SSSR count). The summed E-state index contributed by atoms with van der Waals surface area (Å²) in [5.41, 5.74) is -0.835. The first kappa shape index (κ1) is 88.2. The van der Waals surface area contributed by atoms with Gasteiger partial charge >= 0.3 is 0 Å². The number of rotatable bonds is 18. The molecule has 592 valence electrons. The van der Waals surface area contributed by atoms with E-state index in [1.54, 1.807) is 32.6 Å². The molecule has 5 N–H and O–H groups in total. The lowest BCUT2D eigenvalue weighted by atomic mass is 9.84. The van der Waals surface area contributed by atoms with Gasteiger partial charge in [-0.1, -0.05) is 157 Å². The molecule has 26 nitrogen and oxygen atoms in total. The molecule has 0 bridgehead atoms. The van der Waals surface area contributed by atoms with Crippen LogP contribution >= 0.6 is 0 Å². The van der Waals surface area contributed by atoms with Gasteiger partial charge in [-0.2, -0.15) is 0 Å². The second-order valence-corrected chi connectivity index (χ2v) is 33.3. The van der Waals surface area contributed by atoms with E-state index in [2.05, 4.69) is 21.3 Å². The highest BCUT2D eigenvalue weighted by atomic mass is 16.5. The molecule has 3 saturated carbocycles. The van der Waals surface area contributed by atoms with E-state index in [1.165, 1.54) is 85.7 Å². The molecule has 12 amide bonds. The molecule has 0 aromatic carbocycles. The average Bonchev–Trinajstić information content (AvgIpc) is 0.819. The van der Waals surface area contributed by atoms with Crippen molar-refractivity contribution in [1.29, 1.82) is 0 Å². The standard InChI is InChI=1S/C78H136N12O14/c1-18-52(6)68-72(98)80-58(75(101)90-40-29-22-30-41-90)46-64(92)83(11)47-65(93)85(13)62(44-55-34-25-20-26-35-55)70(96)79-57(39-31-38-54-32-23-19-24-33-54)73(99)87(15)61(43-51(4)5)71(97)82-67(53(7)91)77(103)84(12)48-66(94)86(14)63(45-56-36-27-21-28-37-56)76(102)88(16)60(42-50(2)3)69(95)81-59(74(100)89(68)17)49-104-78(8,9)10/h50-63,67-68,91H,18-49H2,1-17H3,(H,79,96)(H,80,98)(H,81,95)(H,82,97)/t52-,53+,57-,58-,59-,60-,61-,62-,63-,67-,68-/m0/s1. The molecular formula is C78H136N12O14. The van der Waals surface area contributed by atoms with Gasteiger partial charge < -0.3 is 70.3 Å². The largest absolute Gasteiger partial charge is 0.391 e. The van der Waals surface area contributed by atoms with E-state index in [0.717, 1.165) is 114 Å². The van der Waals surface area contributed by atoms with Crippen LogP contribution in [-0.2, 0) is 62.3 Å². The van der Waals surface area contributed by atoms with Crippen molar-refractivity contribution < 1.29 is 67.4 Å². The normalized spacial score (nSPS) is 27.5. The lowest BCUT2D eigenvalue weighted by Crippen LogP contribution is -2.62. The Morgan fingerprint density at radius 2 is 0.923 bits per heavy atom. The van der Waals surface area contributed by atoms with Gasteiger partial charge in [-0.15, -0.1) is 0 Å². The second kappa shape index (κ2) is 42.2. The number of hydrogen-bond donors (Lipinski definition) is 5. The fraction of sp³-hybridized carbons (Fsp3) is 0.846. The first-order valence-electron chi connectivity index (χ1n) is 39.6. The van der Waals surface area contributed by atoms with E-state index in [9.17, 15) is 33.9 Å². The van der Waals surface area contributed by atoms with Gasteiger partial charge in [0.1, 0.15) is 54.4 Å². The molecule has 0 radical (unpaired) electrons. The number of carbonyl (C=O) groups is 12. The highest BCUT2D eigenvalue weighted by Crippen LogP contribution is 2.33. The van der Waals surface area contributed by atoms with Crippen molar-refractivity contribution in [3.05, 3.63) is 0 Å². The first-order chi connectivity index (χ1) is 49.0. The Morgan fingerprint density at radius 1 is 0.481 bits per heavy atom. The van der Waals surface area contributed by atoms with Gasteiger partial charge in [0.25, 0.3) is 0 Å². The number of nitrogens with one attached hydrogen (secondary N) is 4. The van der Waals surface area contributed by atoms with Gasteiger partial charge in [0.2, 0.25) is 70.9 Å². The molecule has 2 heterocycles. The third-order valence-corrected chi connectivity index (χ3v) is 22.7. The number of ether oxygens (including phenoxy) is 1. The zero-order valence-electron chi connectivity index (χ0n) is 66.7. The topological polar surface area (TPSA) is 308 Å². The molecule has 2 saturated heterocycles. The minimum absolute atomic E-state index is 0.0221. The summed E-state index contributed by atoms with van der Waals surface area (Å²) >= 11 is 0. The van der Waals surface area contributed by atoms with Gasteiger partial charge in [0, 0.05) is 62.4 Å². The maximum absolute atomic E-state index is 15.5. The molecule has 26 heteroatoms. The number of nitrogens with zero attached hydrogens (tertiary/aromatic N) is 8. The van der Waals surface area contributed by atoms with Gasteiger partial charge in [-0.3, -0.25) is 57.5 Å². The Balaban J connectivity index is 1.67. The van der Waals surface area contributed by atoms with Crippen LogP contribution in [0.4, 0.5) is 0 Å². The van der Waals surface area contributed by atoms with Crippen LogP contribution in [0.1, 0.15) is 243 Å². The summed E-state index contributed by atoms with van der Waals surface area (Å²) in [6.07, 6.45) is 17.2. The van der Waals surface area contributed by atoms with Gasteiger partial charge in [-0.05, 0) is 115 Å². The summed E-state index contributed by atoms with van der Waals surface area (Å²) in [7, 11) is 10.1. The van der Waals surface area contributed by atoms with E-state index in [1.807, 2.05) is 34.6 Å². The van der Waals surface area contributed by atoms with Crippen molar-refractivity contribution in [3.8, 4) is 0 Å². The molecule has 0 aromatic heterocycles. The molecule has 2 aliphatic heterocycles. The third kappa shape index (κ3) is 26.5. The Hall–Kier alpha value is -6.44. The fourth-order valence-electron chi connectivity index (χ4n) is 15.9. The Bertz CT molecular complexity index is 2850. The van der Waals surface area contributed by atoms with Crippen LogP contribution < -0.4 is 21.3 Å². The minimum atomic E-state index is -1.62. The van der Waals surface area contributed by atoms with E-state index >= 15 is 28.8 Å². The maximum Gasteiger partial charge on any atom is 0.248 e. The van der Waals surface area contributed by atoms with Crippen LogP contribution in [0.2, 0.25) is 0 Å². The van der Waals surface area contributed by atoms with Crippen molar-refractivity contribution in [2.24, 2.45) is 35.5 Å². The maximum atomic E-state index is 15.5. The zero-order chi connectivity index (χ0) is 77.4. The monoisotopic (exact) mass is 1470 g/mol. The highest BCUT2D eigenvalue weighted by Gasteiger charge is 2.44. The van der Waals surface area contributed by atoms with Crippen molar-refractivity contribution in [2.45, 2.75) is 309 Å². The number of hydrogen-bond acceptors (Lipinski definition) is 14. The lowest BCUT2D eigenvalue weighted by molar-refractivity contribution is -0.152. The van der Waals surface area contributed by atoms with Crippen LogP contribution in [0.25, 0.3) is 0 Å². The number of piperidine rings is 1. The van der Waals surface area contributed by atoms with Gasteiger partial charge in [-0.25, -0.2) is 0 Å². The van der Waals surface area contributed by atoms with Crippen LogP contribution in [0.5, 0.6) is 0 Å². The van der Waals surface area contributed by atoms with Crippen LogP contribution in [0.15, 0.2) is 0 Å². The van der Waals surface area contributed by atoms with Crippen molar-refractivity contribution in [1.82, 2.24) is 60.5 Å². The van der Waals surface area contributed by atoms with Crippen LogP contribution in [0.3, 0.4) is 0 Å².